The van der Waals surface area contributed by atoms with E-state index in [0.717, 1.165) is 27.7 Å². The number of benzene rings is 2. The third-order valence-electron chi connectivity index (χ3n) is 4.42. The lowest BCUT2D eigenvalue weighted by molar-refractivity contribution is 0.372. The van der Waals surface area contributed by atoms with E-state index in [0.29, 0.717) is 19.7 Å². The number of aromatic hydroxyl groups is 1. The van der Waals surface area contributed by atoms with E-state index < -0.39 is 0 Å². The van der Waals surface area contributed by atoms with Crippen LogP contribution in [0.25, 0.3) is 22.1 Å². The van der Waals surface area contributed by atoms with E-state index in [1.54, 1.807) is 22.6 Å². The second kappa shape index (κ2) is 6.10. The minimum atomic E-state index is -0.0982. The van der Waals surface area contributed by atoms with E-state index >= 15 is 0 Å². The molecule has 0 aliphatic rings. The molecule has 0 aliphatic carbocycles. The van der Waals surface area contributed by atoms with Crippen LogP contribution in [0.2, 0.25) is 0 Å². The highest BCUT2D eigenvalue weighted by molar-refractivity contribution is 9.10. The summed E-state index contributed by atoms with van der Waals surface area (Å²) in [6.07, 6.45) is 1.78. The summed E-state index contributed by atoms with van der Waals surface area (Å²) < 4.78 is 7.91. The summed E-state index contributed by atoms with van der Waals surface area (Å²) in [5.41, 5.74) is 4.60. The number of imidazole rings is 1. The summed E-state index contributed by atoms with van der Waals surface area (Å²) in [7, 11) is 1.49. The van der Waals surface area contributed by atoms with Crippen molar-refractivity contribution in [1.82, 2.24) is 9.38 Å². The second-order valence-corrected chi connectivity index (χ2v) is 7.99. The molecule has 2 aromatic carbocycles. The van der Waals surface area contributed by atoms with Crippen LogP contribution >= 0.6 is 27.3 Å². The molecule has 0 atom stereocenters. The van der Waals surface area contributed by atoms with Crippen molar-refractivity contribution >= 4 is 49.3 Å². The van der Waals surface area contributed by atoms with Crippen LogP contribution in [0.15, 0.2) is 33.5 Å². The molecule has 7 heteroatoms. The van der Waals surface area contributed by atoms with Gasteiger partial charge in [-0.25, -0.2) is 9.38 Å². The lowest BCUT2D eigenvalue weighted by atomic mass is 10.1. The average molecular weight is 431 g/mol. The molecule has 0 bridgehead atoms. The Morgan fingerprint density at radius 3 is 2.69 bits per heavy atom. The van der Waals surface area contributed by atoms with Gasteiger partial charge in [0.2, 0.25) is 0 Å². The molecule has 0 amide bonds. The van der Waals surface area contributed by atoms with Gasteiger partial charge >= 0.3 is 0 Å². The zero-order valence-corrected chi connectivity index (χ0v) is 16.7. The van der Waals surface area contributed by atoms with E-state index in [1.165, 1.54) is 18.4 Å². The molecule has 0 spiro atoms. The van der Waals surface area contributed by atoms with Crippen molar-refractivity contribution in [2.75, 3.05) is 7.11 Å². The van der Waals surface area contributed by atoms with Gasteiger partial charge in [-0.15, -0.1) is 0 Å². The Bertz CT molecular complexity index is 1290. The lowest BCUT2D eigenvalue weighted by Crippen LogP contribution is -2.22. The minimum absolute atomic E-state index is 0.0322. The second-order valence-electron chi connectivity index (χ2n) is 6.12. The van der Waals surface area contributed by atoms with Crippen molar-refractivity contribution in [3.8, 4) is 11.5 Å². The maximum atomic E-state index is 12.9. The molecule has 4 rings (SSSR count). The van der Waals surface area contributed by atoms with Crippen molar-refractivity contribution in [2.45, 2.75) is 13.8 Å². The van der Waals surface area contributed by atoms with E-state index in [2.05, 4.69) is 20.9 Å². The number of phenolic OH excluding ortho intramolecular Hbond substituents is 1. The Morgan fingerprint density at radius 1 is 1.23 bits per heavy atom. The van der Waals surface area contributed by atoms with Crippen LogP contribution in [-0.4, -0.2) is 21.6 Å². The zero-order valence-electron chi connectivity index (χ0n) is 14.3. The highest BCUT2D eigenvalue weighted by Crippen LogP contribution is 2.35. The molecule has 0 saturated heterocycles. The molecule has 2 aromatic heterocycles. The first kappa shape index (κ1) is 17.1. The molecule has 4 aromatic rings. The molecule has 0 unspecified atom stereocenters. The van der Waals surface area contributed by atoms with Gasteiger partial charge in [0.15, 0.2) is 16.5 Å². The predicted molar refractivity (Wildman–Crippen MR) is 107 cm³/mol. The lowest BCUT2D eigenvalue weighted by Gasteiger charge is -2.06. The Morgan fingerprint density at radius 2 is 1.96 bits per heavy atom. The van der Waals surface area contributed by atoms with Crippen LogP contribution in [0.4, 0.5) is 0 Å². The first-order chi connectivity index (χ1) is 12.4. The number of methoxy groups -OCH3 is 1. The number of phenols is 1. The summed E-state index contributed by atoms with van der Waals surface area (Å²) >= 11 is 4.65. The van der Waals surface area contributed by atoms with Crippen molar-refractivity contribution in [3.63, 3.8) is 0 Å². The smallest absolute Gasteiger partial charge is 0.274 e. The normalized spacial score (nSPS) is 12.4. The number of thiazole rings is 1. The molecular weight excluding hydrogens is 416 g/mol. The molecule has 0 aliphatic heterocycles. The van der Waals surface area contributed by atoms with Gasteiger partial charge in [-0.05, 0) is 76.8 Å². The minimum Gasteiger partial charge on any atom is -0.503 e. The van der Waals surface area contributed by atoms with Crippen molar-refractivity contribution in [2.24, 2.45) is 0 Å². The van der Waals surface area contributed by atoms with Crippen LogP contribution in [0.1, 0.15) is 16.7 Å². The van der Waals surface area contributed by atoms with E-state index in [4.69, 9.17) is 4.74 Å². The number of fused-ring (bicyclic) bond motifs is 3. The number of ether oxygens (including phenoxy) is 1. The zero-order chi connectivity index (χ0) is 18.6. The summed E-state index contributed by atoms with van der Waals surface area (Å²) in [5, 5.41) is 9.93. The maximum Gasteiger partial charge on any atom is 0.274 e. The van der Waals surface area contributed by atoms with E-state index in [-0.39, 0.29) is 11.3 Å². The van der Waals surface area contributed by atoms with Crippen LogP contribution in [-0.2, 0) is 0 Å². The average Bonchev–Trinajstić information content (AvgIpc) is 3.08. The quantitative estimate of drug-likeness (QED) is 0.528. The van der Waals surface area contributed by atoms with Crippen LogP contribution in [0, 0.1) is 13.8 Å². The molecule has 26 heavy (non-hydrogen) atoms. The van der Waals surface area contributed by atoms with Gasteiger partial charge in [0.05, 0.1) is 27.1 Å². The fourth-order valence-corrected chi connectivity index (χ4v) is 4.35. The Hall–Kier alpha value is -2.38. The third kappa shape index (κ3) is 2.59. The largest absolute Gasteiger partial charge is 0.503 e. The van der Waals surface area contributed by atoms with Gasteiger partial charge < -0.3 is 9.84 Å². The highest BCUT2D eigenvalue weighted by Gasteiger charge is 2.13. The Kier molecular flexibility index (Phi) is 4.00. The SMILES string of the molecule is COc1cc(C=c2sc3nc4cc(C)c(C)cc4n3c2=O)cc(Br)c1O. The highest BCUT2D eigenvalue weighted by atomic mass is 79.9. The fourth-order valence-electron chi connectivity index (χ4n) is 2.90. The number of hydrogen-bond acceptors (Lipinski definition) is 5. The summed E-state index contributed by atoms with van der Waals surface area (Å²) in [6.45, 7) is 4.06. The molecule has 0 radical (unpaired) electrons. The van der Waals surface area contributed by atoms with E-state index in [9.17, 15) is 9.90 Å². The number of hydrogen-bond donors (Lipinski definition) is 1. The Balaban J connectivity index is 1.97. The molecule has 132 valence electrons. The number of halogens is 1. The van der Waals surface area contributed by atoms with Crippen LogP contribution in [0.5, 0.6) is 11.5 Å². The summed E-state index contributed by atoms with van der Waals surface area (Å²) in [5.74, 6) is 0.376. The third-order valence-corrected chi connectivity index (χ3v) is 6.00. The van der Waals surface area contributed by atoms with Crippen molar-refractivity contribution < 1.29 is 9.84 Å². The first-order valence-corrected chi connectivity index (χ1v) is 9.50. The molecule has 1 N–H and O–H groups in total. The summed E-state index contributed by atoms with van der Waals surface area (Å²) in [4.78, 5) is 18.2. The molecule has 5 nitrogen and oxygen atoms in total. The van der Waals surface area contributed by atoms with Gasteiger partial charge in [0.25, 0.3) is 5.56 Å². The number of aryl methyl sites for hydroxylation is 2. The van der Waals surface area contributed by atoms with Gasteiger partial charge in [0.1, 0.15) is 0 Å². The topological polar surface area (TPSA) is 63.8 Å². The maximum absolute atomic E-state index is 12.9. The van der Waals surface area contributed by atoms with Crippen molar-refractivity contribution in [3.05, 3.63) is 60.3 Å². The van der Waals surface area contributed by atoms with Crippen molar-refractivity contribution in [1.29, 1.82) is 0 Å². The number of aromatic nitrogens is 2. The Labute approximate surface area is 161 Å². The summed E-state index contributed by atoms with van der Waals surface area (Å²) in [6, 6.07) is 7.44. The molecule has 0 saturated carbocycles. The van der Waals surface area contributed by atoms with Gasteiger partial charge in [-0.3, -0.25) is 4.79 Å². The van der Waals surface area contributed by atoms with E-state index in [1.807, 2.05) is 26.0 Å². The monoisotopic (exact) mass is 430 g/mol. The predicted octanol–water partition coefficient (Wildman–Crippen LogP) is 3.55. The van der Waals surface area contributed by atoms with Crippen LogP contribution in [0.3, 0.4) is 0 Å². The standard InChI is InChI=1S/C19H15BrN2O3S/c1-9-4-13-14(5-10(9)2)22-18(24)16(26-19(22)21-13)8-11-6-12(20)17(23)15(7-11)25-3/h4-8,23H,1-3H3. The van der Waals surface area contributed by atoms with Gasteiger partial charge in [0, 0.05) is 0 Å². The first-order valence-electron chi connectivity index (χ1n) is 7.89. The fraction of sp³-hybridized carbons (Fsp3) is 0.158. The van der Waals surface area contributed by atoms with Gasteiger partial charge in [-0.2, -0.15) is 0 Å². The van der Waals surface area contributed by atoms with Crippen LogP contribution < -0.4 is 14.8 Å². The number of nitrogens with zero attached hydrogens (tertiary/aromatic N) is 2. The number of rotatable bonds is 2. The molecular formula is C19H15BrN2O3S. The molecule has 0 fully saturated rings. The van der Waals surface area contributed by atoms with Gasteiger partial charge in [-0.1, -0.05) is 11.3 Å². The molecule has 2 heterocycles.